The van der Waals surface area contributed by atoms with Crippen LogP contribution in [0.4, 0.5) is 0 Å². The molecule has 2 fully saturated rings. The molecule has 1 aromatic rings. The highest BCUT2D eigenvalue weighted by Gasteiger charge is 2.45. The summed E-state index contributed by atoms with van der Waals surface area (Å²) < 4.78 is 5.36. The number of pyridine rings is 1. The first kappa shape index (κ1) is 12.9. The summed E-state index contributed by atoms with van der Waals surface area (Å²) in [6.45, 7) is 0. The Hall–Kier alpha value is -1.09. The first-order valence-electron chi connectivity index (χ1n) is 7.39. The van der Waals surface area contributed by atoms with Gasteiger partial charge in [-0.3, -0.25) is 4.98 Å². The lowest BCUT2D eigenvalue weighted by Gasteiger charge is -2.42. The highest BCUT2D eigenvalue weighted by atomic mass is 16.5. The summed E-state index contributed by atoms with van der Waals surface area (Å²) >= 11 is 0. The van der Waals surface area contributed by atoms with Crippen molar-refractivity contribution < 1.29 is 9.84 Å². The zero-order valence-corrected chi connectivity index (χ0v) is 11.7. The third-order valence-electron chi connectivity index (χ3n) is 5.23. The van der Waals surface area contributed by atoms with Crippen LogP contribution in [-0.2, 0) is 5.60 Å². The molecule has 3 heteroatoms. The van der Waals surface area contributed by atoms with E-state index < -0.39 is 5.60 Å². The molecule has 0 saturated heterocycles. The molecule has 0 bridgehead atoms. The average molecular weight is 261 g/mol. The summed E-state index contributed by atoms with van der Waals surface area (Å²) in [6.07, 6.45) is 11.1. The molecule has 3 nitrogen and oxygen atoms in total. The van der Waals surface area contributed by atoms with Crippen LogP contribution in [0.2, 0.25) is 0 Å². The highest BCUT2D eigenvalue weighted by Crippen LogP contribution is 2.54. The quantitative estimate of drug-likeness (QED) is 0.887. The summed E-state index contributed by atoms with van der Waals surface area (Å²) in [7, 11) is 1.64. The minimum atomic E-state index is -0.791. The second kappa shape index (κ2) is 4.78. The molecule has 0 atom stereocenters. The van der Waals surface area contributed by atoms with Crippen molar-refractivity contribution >= 4 is 0 Å². The first-order chi connectivity index (χ1) is 9.18. The highest BCUT2D eigenvalue weighted by molar-refractivity contribution is 5.32. The van der Waals surface area contributed by atoms with Gasteiger partial charge in [-0.2, -0.15) is 0 Å². The number of ether oxygens (including phenoxy) is 1. The SMILES string of the molecule is COc1cccnc1C1(O)CCC2(CCCC2)CC1. The molecule has 1 N–H and O–H groups in total. The minimum Gasteiger partial charge on any atom is -0.495 e. The molecule has 19 heavy (non-hydrogen) atoms. The molecule has 2 saturated carbocycles. The van der Waals surface area contributed by atoms with Crippen molar-refractivity contribution in [3.05, 3.63) is 24.0 Å². The first-order valence-corrected chi connectivity index (χ1v) is 7.39. The van der Waals surface area contributed by atoms with E-state index in [0.29, 0.717) is 11.2 Å². The van der Waals surface area contributed by atoms with Crippen molar-refractivity contribution in [2.45, 2.75) is 57.0 Å². The number of rotatable bonds is 2. The van der Waals surface area contributed by atoms with E-state index in [1.54, 1.807) is 13.3 Å². The van der Waals surface area contributed by atoms with Crippen LogP contribution in [0, 0.1) is 5.41 Å². The molecule has 3 rings (SSSR count). The normalized spacial score (nSPS) is 24.5. The van der Waals surface area contributed by atoms with E-state index in [4.69, 9.17) is 4.74 Å². The van der Waals surface area contributed by atoms with Gasteiger partial charge in [-0.25, -0.2) is 0 Å². The van der Waals surface area contributed by atoms with E-state index in [0.717, 1.165) is 31.4 Å². The molecular formula is C16H23NO2. The summed E-state index contributed by atoms with van der Waals surface area (Å²) in [5, 5.41) is 11.0. The third kappa shape index (κ3) is 2.25. The maximum atomic E-state index is 11.0. The third-order valence-corrected chi connectivity index (χ3v) is 5.23. The Morgan fingerprint density at radius 3 is 2.42 bits per heavy atom. The van der Waals surface area contributed by atoms with E-state index in [9.17, 15) is 5.11 Å². The van der Waals surface area contributed by atoms with Crippen LogP contribution < -0.4 is 4.74 Å². The predicted octanol–water partition coefficient (Wildman–Crippen LogP) is 3.41. The summed E-state index contributed by atoms with van der Waals surface area (Å²) in [4.78, 5) is 4.38. The van der Waals surface area contributed by atoms with Crippen LogP contribution in [0.3, 0.4) is 0 Å². The lowest BCUT2D eigenvalue weighted by molar-refractivity contribution is -0.0423. The zero-order valence-electron chi connectivity index (χ0n) is 11.7. The number of hydrogen-bond donors (Lipinski definition) is 1. The van der Waals surface area contributed by atoms with Crippen LogP contribution in [0.5, 0.6) is 5.75 Å². The molecule has 0 unspecified atom stereocenters. The van der Waals surface area contributed by atoms with Gasteiger partial charge in [0.2, 0.25) is 0 Å². The monoisotopic (exact) mass is 261 g/mol. The Bertz CT molecular complexity index is 442. The van der Waals surface area contributed by atoms with Crippen LogP contribution >= 0.6 is 0 Å². The maximum absolute atomic E-state index is 11.0. The zero-order chi connectivity index (χ0) is 13.3. The fraction of sp³-hybridized carbons (Fsp3) is 0.688. The van der Waals surface area contributed by atoms with E-state index in [1.807, 2.05) is 12.1 Å². The van der Waals surface area contributed by atoms with E-state index in [2.05, 4.69) is 4.98 Å². The molecule has 104 valence electrons. The summed E-state index contributed by atoms with van der Waals surface area (Å²) in [5.41, 5.74) is 0.458. The second-order valence-corrected chi connectivity index (χ2v) is 6.29. The maximum Gasteiger partial charge on any atom is 0.143 e. The number of methoxy groups -OCH3 is 1. The van der Waals surface area contributed by atoms with Crippen molar-refractivity contribution in [1.82, 2.24) is 4.98 Å². The van der Waals surface area contributed by atoms with Crippen LogP contribution in [0.1, 0.15) is 57.1 Å². The molecule has 0 aliphatic heterocycles. The van der Waals surface area contributed by atoms with Gasteiger partial charge in [0, 0.05) is 6.20 Å². The fourth-order valence-corrected chi connectivity index (χ4v) is 3.96. The van der Waals surface area contributed by atoms with Gasteiger partial charge in [0.1, 0.15) is 17.0 Å². The lowest BCUT2D eigenvalue weighted by Crippen LogP contribution is -2.36. The molecule has 0 radical (unpaired) electrons. The average Bonchev–Trinajstić information content (AvgIpc) is 2.91. The van der Waals surface area contributed by atoms with Crippen molar-refractivity contribution in [1.29, 1.82) is 0 Å². The number of hydrogen-bond acceptors (Lipinski definition) is 3. The van der Waals surface area contributed by atoms with E-state index >= 15 is 0 Å². The summed E-state index contributed by atoms with van der Waals surface area (Å²) in [6, 6.07) is 3.74. The van der Waals surface area contributed by atoms with Gasteiger partial charge in [0.25, 0.3) is 0 Å². The van der Waals surface area contributed by atoms with Crippen molar-refractivity contribution in [2.24, 2.45) is 5.41 Å². The van der Waals surface area contributed by atoms with Crippen LogP contribution in [-0.4, -0.2) is 17.2 Å². The standard InChI is InChI=1S/C16H23NO2/c1-19-13-5-4-12-17-14(13)16(18)10-8-15(9-11-16)6-2-3-7-15/h4-5,12,18H,2-3,6-11H2,1H3. The molecule has 0 aromatic carbocycles. The lowest BCUT2D eigenvalue weighted by atomic mass is 9.67. The van der Waals surface area contributed by atoms with Crippen molar-refractivity contribution in [3.8, 4) is 5.75 Å². The van der Waals surface area contributed by atoms with Crippen LogP contribution in [0.15, 0.2) is 18.3 Å². The smallest absolute Gasteiger partial charge is 0.143 e. The molecule has 2 aliphatic carbocycles. The van der Waals surface area contributed by atoms with E-state index in [1.165, 1.54) is 25.7 Å². The molecule has 1 aromatic heterocycles. The molecular weight excluding hydrogens is 238 g/mol. The number of aromatic nitrogens is 1. The van der Waals surface area contributed by atoms with Gasteiger partial charge in [0.05, 0.1) is 7.11 Å². The minimum absolute atomic E-state index is 0.522. The van der Waals surface area contributed by atoms with Gasteiger partial charge < -0.3 is 9.84 Å². The molecule has 1 heterocycles. The second-order valence-electron chi connectivity index (χ2n) is 6.29. The molecule has 0 amide bonds. The van der Waals surface area contributed by atoms with Crippen molar-refractivity contribution in [2.75, 3.05) is 7.11 Å². The molecule has 2 aliphatic rings. The van der Waals surface area contributed by atoms with Gasteiger partial charge in [-0.1, -0.05) is 12.8 Å². The van der Waals surface area contributed by atoms with Crippen molar-refractivity contribution in [3.63, 3.8) is 0 Å². The predicted molar refractivity (Wildman–Crippen MR) is 74.1 cm³/mol. The Morgan fingerprint density at radius 1 is 1.11 bits per heavy atom. The Labute approximate surface area is 115 Å². The largest absolute Gasteiger partial charge is 0.495 e. The number of nitrogens with zero attached hydrogens (tertiary/aromatic N) is 1. The van der Waals surface area contributed by atoms with E-state index in [-0.39, 0.29) is 0 Å². The fourth-order valence-electron chi connectivity index (χ4n) is 3.96. The molecule has 1 spiro atoms. The number of aliphatic hydroxyl groups is 1. The summed E-state index contributed by atoms with van der Waals surface area (Å²) in [5.74, 6) is 0.715. The Balaban J connectivity index is 1.81. The Kier molecular flexibility index (Phi) is 3.25. The Morgan fingerprint density at radius 2 is 1.79 bits per heavy atom. The topological polar surface area (TPSA) is 42.4 Å². The van der Waals surface area contributed by atoms with Gasteiger partial charge in [0.15, 0.2) is 0 Å². The van der Waals surface area contributed by atoms with Crippen LogP contribution in [0.25, 0.3) is 0 Å². The van der Waals surface area contributed by atoms with Gasteiger partial charge in [-0.05, 0) is 56.1 Å². The van der Waals surface area contributed by atoms with Gasteiger partial charge >= 0.3 is 0 Å². The van der Waals surface area contributed by atoms with Gasteiger partial charge in [-0.15, -0.1) is 0 Å².